The fourth-order valence-corrected chi connectivity index (χ4v) is 3.40. The van der Waals surface area contributed by atoms with Crippen LogP contribution in [0.2, 0.25) is 0 Å². The van der Waals surface area contributed by atoms with Gasteiger partial charge in [0.15, 0.2) is 0 Å². The normalized spacial score (nSPS) is 39.5. The molecule has 70 valence electrons. The van der Waals surface area contributed by atoms with Crippen LogP contribution in [0.5, 0.6) is 0 Å². The van der Waals surface area contributed by atoms with E-state index in [4.69, 9.17) is 16.3 Å². The minimum Gasteiger partial charge on any atom is -0.381 e. The zero-order valence-electron chi connectivity index (χ0n) is 7.68. The topological polar surface area (TPSA) is 9.23 Å². The first-order valence-corrected chi connectivity index (χ1v) is 5.40. The van der Waals surface area contributed by atoms with Crippen molar-refractivity contribution in [2.24, 2.45) is 5.41 Å². The smallest absolute Gasteiger partial charge is 0.0655 e. The number of halogens is 1. The summed E-state index contributed by atoms with van der Waals surface area (Å²) in [7, 11) is 1.82. The van der Waals surface area contributed by atoms with Gasteiger partial charge in [-0.3, -0.25) is 0 Å². The predicted molar refractivity (Wildman–Crippen MR) is 50.6 cm³/mol. The van der Waals surface area contributed by atoms with E-state index in [1.807, 2.05) is 7.11 Å². The van der Waals surface area contributed by atoms with Gasteiger partial charge in [-0.2, -0.15) is 0 Å². The van der Waals surface area contributed by atoms with Crippen LogP contribution in [0.25, 0.3) is 0 Å². The molecule has 12 heavy (non-hydrogen) atoms. The first-order valence-electron chi connectivity index (χ1n) is 4.96. The number of ether oxygens (including phenoxy) is 1. The first-order chi connectivity index (χ1) is 5.79. The summed E-state index contributed by atoms with van der Waals surface area (Å²) in [5, 5.41) is 0.391. The Morgan fingerprint density at radius 1 is 1.25 bits per heavy atom. The lowest BCUT2D eigenvalue weighted by molar-refractivity contribution is -0.105. The predicted octanol–water partition coefficient (Wildman–Crippen LogP) is 2.96. The standard InChI is InChI=1S/C10H17ClO/c1-12-9-7-8(11)10(9)5-3-2-4-6-10/h8-9H,2-7H2,1H3. The SMILES string of the molecule is COC1CC(Cl)C12CCCCC2. The van der Waals surface area contributed by atoms with Crippen molar-refractivity contribution in [3.63, 3.8) is 0 Å². The summed E-state index contributed by atoms with van der Waals surface area (Å²) in [5.41, 5.74) is 0.370. The minimum absolute atomic E-state index is 0.370. The van der Waals surface area contributed by atoms with Crippen molar-refractivity contribution < 1.29 is 4.74 Å². The summed E-state index contributed by atoms with van der Waals surface area (Å²) in [6, 6.07) is 0. The summed E-state index contributed by atoms with van der Waals surface area (Å²) in [6.07, 6.45) is 8.20. The number of hydrogen-bond donors (Lipinski definition) is 0. The van der Waals surface area contributed by atoms with Crippen LogP contribution in [-0.4, -0.2) is 18.6 Å². The molecule has 2 unspecified atom stereocenters. The first kappa shape index (κ1) is 8.83. The van der Waals surface area contributed by atoms with Crippen molar-refractivity contribution >= 4 is 11.6 Å². The third kappa shape index (κ3) is 1.10. The molecule has 0 heterocycles. The molecule has 0 aromatic rings. The van der Waals surface area contributed by atoms with E-state index < -0.39 is 0 Å². The maximum atomic E-state index is 6.28. The Morgan fingerprint density at radius 2 is 1.92 bits per heavy atom. The molecule has 1 nitrogen and oxygen atoms in total. The third-order valence-corrected chi connectivity index (χ3v) is 4.37. The van der Waals surface area contributed by atoms with Gasteiger partial charge in [-0.05, 0) is 19.3 Å². The number of rotatable bonds is 1. The molecule has 2 fully saturated rings. The van der Waals surface area contributed by atoms with Crippen LogP contribution in [0, 0.1) is 5.41 Å². The third-order valence-electron chi connectivity index (χ3n) is 3.76. The molecule has 0 N–H and O–H groups in total. The molecule has 0 bridgehead atoms. The summed E-state index contributed by atoms with van der Waals surface area (Å²) >= 11 is 6.28. The van der Waals surface area contributed by atoms with Gasteiger partial charge < -0.3 is 4.74 Å². The van der Waals surface area contributed by atoms with E-state index in [0.29, 0.717) is 16.9 Å². The number of hydrogen-bond acceptors (Lipinski definition) is 1. The van der Waals surface area contributed by atoms with Crippen LogP contribution in [0.3, 0.4) is 0 Å². The van der Waals surface area contributed by atoms with Crippen LogP contribution in [-0.2, 0) is 4.74 Å². The molecule has 2 aliphatic carbocycles. The summed E-state index contributed by atoms with van der Waals surface area (Å²) in [5.74, 6) is 0. The highest BCUT2D eigenvalue weighted by atomic mass is 35.5. The van der Waals surface area contributed by atoms with Crippen molar-refractivity contribution in [1.29, 1.82) is 0 Å². The lowest BCUT2D eigenvalue weighted by atomic mass is 9.58. The van der Waals surface area contributed by atoms with Crippen molar-refractivity contribution in [2.75, 3.05) is 7.11 Å². The van der Waals surface area contributed by atoms with Crippen molar-refractivity contribution in [2.45, 2.75) is 50.0 Å². The van der Waals surface area contributed by atoms with Gasteiger partial charge in [-0.15, -0.1) is 11.6 Å². The number of alkyl halides is 1. The van der Waals surface area contributed by atoms with E-state index in [-0.39, 0.29) is 0 Å². The van der Waals surface area contributed by atoms with Crippen LogP contribution in [0.4, 0.5) is 0 Å². The summed E-state index contributed by atoms with van der Waals surface area (Å²) in [4.78, 5) is 0. The molecule has 2 aliphatic rings. The monoisotopic (exact) mass is 188 g/mol. The van der Waals surface area contributed by atoms with E-state index in [1.165, 1.54) is 32.1 Å². The Labute approximate surface area is 79.4 Å². The molecule has 0 aromatic heterocycles. The maximum Gasteiger partial charge on any atom is 0.0655 e. The second-order valence-corrected chi connectivity index (χ2v) is 4.75. The summed E-state index contributed by atoms with van der Waals surface area (Å²) in [6.45, 7) is 0. The van der Waals surface area contributed by atoms with Gasteiger partial charge in [0.2, 0.25) is 0 Å². The molecule has 1 spiro atoms. The Kier molecular flexibility index (Phi) is 2.35. The van der Waals surface area contributed by atoms with Crippen molar-refractivity contribution in [3.8, 4) is 0 Å². The van der Waals surface area contributed by atoms with Crippen LogP contribution in [0.15, 0.2) is 0 Å². The molecule has 2 rings (SSSR count). The van der Waals surface area contributed by atoms with Crippen LogP contribution in [0.1, 0.15) is 38.5 Å². The van der Waals surface area contributed by atoms with Gasteiger partial charge in [0, 0.05) is 17.9 Å². The fourth-order valence-electron chi connectivity index (χ4n) is 2.87. The molecule has 0 saturated heterocycles. The number of methoxy groups -OCH3 is 1. The quantitative estimate of drug-likeness (QED) is 0.575. The Balaban J connectivity index is 2.05. The van der Waals surface area contributed by atoms with Crippen LogP contribution >= 0.6 is 11.6 Å². The lowest BCUT2D eigenvalue weighted by Crippen LogP contribution is -2.56. The second-order valence-electron chi connectivity index (χ2n) is 4.22. The van der Waals surface area contributed by atoms with E-state index >= 15 is 0 Å². The van der Waals surface area contributed by atoms with Gasteiger partial charge in [-0.25, -0.2) is 0 Å². The van der Waals surface area contributed by atoms with Gasteiger partial charge in [-0.1, -0.05) is 19.3 Å². The van der Waals surface area contributed by atoms with E-state index in [2.05, 4.69) is 0 Å². The zero-order chi connectivity index (χ0) is 8.60. The van der Waals surface area contributed by atoms with Gasteiger partial charge >= 0.3 is 0 Å². The molecule has 2 saturated carbocycles. The molecule has 2 heteroatoms. The second kappa shape index (κ2) is 3.19. The van der Waals surface area contributed by atoms with Gasteiger partial charge in [0.25, 0.3) is 0 Å². The Bertz CT molecular complexity index is 163. The van der Waals surface area contributed by atoms with Crippen molar-refractivity contribution in [1.82, 2.24) is 0 Å². The fraction of sp³-hybridized carbons (Fsp3) is 1.00. The molecular formula is C10H17ClO. The average molecular weight is 189 g/mol. The van der Waals surface area contributed by atoms with E-state index in [1.54, 1.807) is 0 Å². The molecule has 2 atom stereocenters. The van der Waals surface area contributed by atoms with Crippen molar-refractivity contribution in [3.05, 3.63) is 0 Å². The average Bonchev–Trinajstić information content (AvgIpc) is 2.15. The summed E-state index contributed by atoms with van der Waals surface area (Å²) < 4.78 is 5.47. The van der Waals surface area contributed by atoms with Crippen LogP contribution < -0.4 is 0 Å². The molecule has 0 amide bonds. The Morgan fingerprint density at radius 3 is 2.42 bits per heavy atom. The lowest BCUT2D eigenvalue weighted by Gasteiger charge is -2.54. The molecular weight excluding hydrogens is 172 g/mol. The minimum atomic E-state index is 0.370. The molecule has 0 radical (unpaired) electrons. The largest absolute Gasteiger partial charge is 0.381 e. The van der Waals surface area contributed by atoms with Gasteiger partial charge in [0.05, 0.1) is 6.10 Å². The van der Waals surface area contributed by atoms with E-state index in [9.17, 15) is 0 Å². The highest BCUT2D eigenvalue weighted by Crippen LogP contribution is 2.55. The maximum absolute atomic E-state index is 6.28. The highest BCUT2D eigenvalue weighted by molar-refractivity contribution is 6.21. The zero-order valence-corrected chi connectivity index (χ0v) is 8.44. The van der Waals surface area contributed by atoms with Gasteiger partial charge in [0.1, 0.15) is 0 Å². The molecule has 0 aromatic carbocycles. The Hall–Kier alpha value is 0.250. The highest BCUT2D eigenvalue weighted by Gasteiger charge is 2.54. The molecule has 0 aliphatic heterocycles. The van der Waals surface area contributed by atoms with E-state index in [0.717, 1.165) is 6.42 Å².